The molecule has 1 fully saturated rings. The van der Waals surface area contributed by atoms with Crippen molar-refractivity contribution in [3.8, 4) is 0 Å². The molecule has 0 amide bonds. The monoisotopic (exact) mass is 482 g/mol. The lowest BCUT2D eigenvalue weighted by Gasteiger charge is -2.22. The molecule has 2 N–H and O–H groups in total. The van der Waals surface area contributed by atoms with E-state index in [-0.39, 0.29) is 30.0 Å². The van der Waals surface area contributed by atoms with Crippen molar-refractivity contribution in [3.05, 3.63) is 53.0 Å². The van der Waals surface area contributed by atoms with Crippen molar-refractivity contribution in [3.63, 3.8) is 0 Å². The van der Waals surface area contributed by atoms with Crippen LogP contribution in [0.3, 0.4) is 0 Å². The van der Waals surface area contributed by atoms with Crippen molar-refractivity contribution in [2.75, 3.05) is 25.0 Å². The van der Waals surface area contributed by atoms with E-state index in [4.69, 9.17) is 4.42 Å². The molecule has 1 aliphatic heterocycles. The molecule has 1 aliphatic rings. The van der Waals surface area contributed by atoms with E-state index in [9.17, 15) is 0 Å². The third-order valence-corrected chi connectivity index (χ3v) is 5.01. The maximum absolute atomic E-state index is 5.59. The molecule has 0 aliphatic carbocycles. The summed E-state index contributed by atoms with van der Waals surface area (Å²) in [6.07, 6.45) is 2.59. The summed E-state index contributed by atoms with van der Waals surface area (Å²) in [7, 11) is 1.80. The van der Waals surface area contributed by atoms with Crippen LogP contribution >= 0.6 is 24.0 Å². The highest BCUT2D eigenvalue weighted by atomic mass is 127. The van der Waals surface area contributed by atoms with Crippen LogP contribution in [0.1, 0.15) is 48.5 Å². The van der Waals surface area contributed by atoms with Gasteiger partial charge in [0.15, 0.2) is 5.96 Å². The predicted octanol–water partition coefficient (Wildman–Crippen LogP) is 4.54. The molecule has 2 aromatic rings. The predicted molar refractivity (Wildman–Crippen MR) is 123 cm³/mol. The minimum atomic E-state index is 0. The molecule has 1 saturated heterocycles. The minimum Gasteiger partial charge on any atom is -0.466 e. The van der Waals surface area contributed by atoms with E-state index in [0.717, 1.165) is 36.1 Å². The second-order valence-corrected chi connectivity index (χ2v) is 7.02. The third-order valence-electron chi connectivity index (χ3n) is 5.01. The van der Waals surface area contributed by atoms with Crippen LogP contribution < -0.4 is 15.5 Å². The molecule has 1 unspecified atom stereocenters. The number of rotatable bonds is 5. The van der Waals surface area contributed by atoms with E-state index in [2.05, 4.69) is 57.8 Å². The number of nitrogens with one attached hydrogen (secondary N) is 2. The quantitative estimate of drug-likeness (QED) is 0.373. The van der Waals surface area contributed by atoms with E-state index in [1.807, 2.05) is 13.8 Å². The van der Waals surface area contributed by atoms with Gasteiger partial charge in [-0.25, -0.2) is 0 Å². The molecular weight excluding hydrogens is 451 g/mol. The topological polar surface area (TPSA) is 52.8 Å². The first-order chi connectivity index (χ1) is 12.6. The van der Waals surface area contributed by atoms with Gasteiger partial charge in [-0.05, 0) is 57.4 Å². The second-order valence-electron chi connectivity index (χ2n) is 7.02. The normalized spacial score (nSPS) is 15.4. The van der Waals surface area contributed by atoms with Crippen molar-refractivity contribution >= 4 is 35.6 Å². The van der Waals surface area contributed by atoms with Crippen LogP contribution in [0.5, 0.6) is 0 Å². The van der Waals surface area contributed by atoms with Gasteiger partial charge in [-0.15, -0.1) is 24.0 Å². The van der Waals surface area contributed by atoms with E-state index in [0.29, 0.717) is 6.54 Å². The molecule has 2 heterocycles. The van der Waals surface area contributed by atoms with Gasteiger partial charge in [0.05, 0.1) is 6.04 Å². The molecule has 1 atom stereocenters. The maximum atomic E-state index is 5.59. The van der Waals surface area contributed by atoms with Crippen LogP contribution in [0.4, 0.5) is 5.69 Å². The van der Waals surface area contributed by atoms with E-state index >= 15 is 0 Å². The Labute approximate surface area is 179 Å². The molecule has 6 heteroatoms. The van der Waals surface area contributed by atoms with Gasteiger partial charge in [0.2, 0.25) is 0 Å². The number of hydrogen-bond acceptors (Lipinski definition) is 3. The van der Waals surface area contributed by atoms with Crippen LogP contribution in [0, 0.1) is 13.8 Å². The molecule has 27 heavy (non-hydrogen) atoms. The number of aryl methyl sites for hydroxylation is 2. The molecule has 5 nitrogen and oxygen atoms in total. The van der Waals surface area contributed by atoms with E-state index < -0.39 is 0 Å². The molecular formula is C21H31IN4O. The number of anilines is 1. The highest BCUT2D eigenvalue weighted by molar-refractivity contribution is 14.0. The summed E-state index contributed by atoms with van der Waals surface area (Å²) in [6.45, 7) is 9.16. The highest BCUT2D eigenvalue weighted by Crippen LogP contribution is 2.24. The Morgan fingerprint density at radius 3 is 2.59 bits per heavy atom. The Hall–Kier alpha value is -1.70. The number of guanidine groups is 1. The fourth-order valence-electron chi connectivity index (χ4n) is 3.49. The van der Waals surface area contributed by atoms with Crippen molar-refractivity contribution in [1.82, 2.24) is 10.6 Å². The summed E-state index contributed by atoms with van der Waals surface area (Å²) in [5, 5.41) is 6.87. The molecule has 0 spiro atoms. The summed E-state index contributed by atoms with van der Waals surface area (Å²) in [6, 6.07) is 11.1. The van der Waals surface area contributed by atoms with E-state index in [1.54, 1.807) is 7.05 Å². The van der Waals surface area contributed by atoms with Gasteiger partial charge < -0.3 is 20.0 Å². The zero-order valence-corrected chi connectivity index (χ0v) is 19.0. The van der Waals surface area contributed by atoms with Crippen molar-refractivity contribution < 1.29 is 4.42 Å². The average Bonchev–Trinajstić information content (AvgIpc) is 3.28. The fourth-order valence-corrected chi connectivity index (χ4v) is 3.49. The van der Waals surface area contributed by atoms with Crippen molar-refractivity contribution in [2.24, 2.45) is 4.99 Å². The summed E-state index contributed by atoms with van der Waals surface area (Å²) < 4.78 is 5.59. The number of halogens is 1. The standard InChI is InChI=1S/C21H30N4O.HI/c1-15-12-19(17(3)26-15)14-23-21(22-4)24-16(2)18-8-7-9-20(13-18)25-10-5-6-11-25;/h7-9,12-13,16H,5-6,10-11,14H2,1-4H3,(H2,22,23,24);1H. The van der Waals surface area contributed by atoms with Crippen LogP contribution in [-0.2, 0) is 6.54 Å². The van der Waals surface area contributed by atoms with Crippen LogP contribution in [0.15, 0.2) is 39.7 Å². The summed E-state index contributed by atoms with van der Waals surface area (Å²) >= 11 is 0. The van der Waals surface area contributed by atoms with Gasteiger partial charge in [0.25, 0.3) is 0 Å². The van der Waals surface area contributed by atoms with E-state index in [1.165, 1.54) is 24.1 Å². The molecule has 148 valence electrons. The van der Waals surface area contributed by atoms with Gasteiger partial charge in [-0.3, -0.25) is 4.99 Å². The van der Waals surface area contributed by atoms with Crippen molar-refractivity contribution in [1.29, 1.82) is 0 Å². The maximum Gasteiger partial charge on any atom is 0.191 e. The third kappa shape index (κ3) is 5.64. The number of furan rings is 1. The smallest absolute Gasteiger partial charge is 0.191 e. The minimum absolute atomic E-state index is 0. The van der Waals surface area contributed by atoms with Crippen LogP contribution in [0.2, 0.25) is 0 Å². The van der Waals surface area contributed by atoms with Crippen LogP contribution in [-0.4, -0.2) is 26.1 Å². The summed E-state index contributed by atoms with van der Waals surface area (Å²) in [4.78, 5) is 6.82. The lowest BCUT2D eigenvalue weighted by molar-refractivity contribution is 0.500. The lowest BCUT2D eigenvalue weighted by Crippen LogP contribution is -2.38. The van der Waals surface area contributed by atoms with Crippen LogP contribution in [0.25, 0.3) is 0 Å². The lowest BCUT2D eigenvalue weighted by atomic mass is 10.1. The molecule has 0 bridgehead atoms. The zero-order valence-electron chi connectivity index (χ0n) is 16.7. The summed E-state index contributed by atoms with van der Waals surface area (Å²) in [5.41, 5.74) is 3.75. The molecule has 0 radical (unpaired) electrons. The average molecular weight is 482 g/mol. The Morgan fingerprint density at radius 1 is 1.22 bits per heavy atom. The Kier molecular flexibility index (Phi) is 8.01. The SMILES string of the molecule is CN=C(NCc1cc(C)oc1C)NC(C)c1cccc(N2CCCC2)c1.I. The molecule has 0 saturated carbocycles. The van der Waals surface area contributed by atoms with Gasteiger partial charge in [-0.1, -0.05) is 12.1 Å². The largest absolute Gasteiger partial charge is 0.466 e. The second kappa shape index (κ2) is 10.0. The molecule has 3 rings (SSSR count). The Bertz CT molecular complexity index is 765. The fraction of sp³-hybridized carbons (Fsp3) is 0.476. The first-order valence-electron chi connectivity index (χ1n) is 9.45. The van der Waals surface area contributed by atoms with Crippen molar-refractivity contribution in [2.45, 2.75) is 46.2 Å². The Balaban J connectivity index is 0.00000261. The Morgan fingerprint density at radius 2 is 1.96 bits per heavy atom. The molecule has 1 aromatic heterocycles. The number of nitrogens with zero attached hydrogens (tertiary/aromatic N) is 2. The van der Waals surface area contributed by atoms with Gasteiger partial charge in [-0.2, -0.15) is 0 Å². The first-order valence-corrected chi connectivity index (χ1v) is 9.45. The summed E-state index contributed by atoms with van der Waals surface area (Å²) in [5.74, 6) is 2.69. The van der Waals surface area contributed by atoms with Gasteiger partial charge in [0, 0.05) is 37.9 Å². The zero-order chi connectivity index (χ0) is 18.5. The highest BCUT2D eigenvalue weighted by Gasteiger charge is 2.14. The number of aliphatic imine (C=N–C) groups is 1. The molecule has 1 aromatic carbocycles. The number of benzene rings is 1. The van der Waals surface area contributed by atoms with Gasteiger partial charge in [0.1, 0.15) is 11.5 Å². The van der Waals surface area contributed by atoms with Gasteiger partial charge >= 0.3 is 0 Å². The first kappa shape index (κ1) is 21.6. The number of hydrogen-bond donors (Lipinski definition) is 2.